The summed E-state index contributed by atoms with van der Waals surface area (Å²) in [6.45, 7) is 2.72. The molecule has 2 N–H and O–H groups in total. The van der Waals surface area contributed by atoms with Crippen LogP contribution in [0.3, 0.4) is 0 Å². The molecule has 4 rings (SSSR count). The van der Waals surface area contributed by atoms with Gasteiger partial charge in [0.1, 0.15) is 0 Å². The fourth-order valence-electron chi connectivity index (χ4n) is 3.54. The van der Waals surface area contributed by atoms with Gasteiger partial charge in [-0.2, -0.15) is 0 Å². The van der Waals surface area contributed by atoms with E-state index in [1.807, 2.05) is 55.5 Å². The largest absolute Gasteiger partial charge is 0.493 e. The summed E-state index contributed by atoms with van der Waals surface area (Å²) in [5.41, 5.74) is 2.78. The molecule has 28 heavy (non-hydrogen) atoms. The molecule has 1 aliphatic rings. The number of benzene rings is 2. The van der Waals surface area contributed by atoms with Crippen molar-refractivity contribution in [2.75, 3.05) is 7.11 Å². The van der Waals surface area contributed by atoms with E-state index in [-0.39, 0.29) is 11.9 Å². The second kappa shape index (κ2) is 8.07. The van der Waals surface area contributed by atoms with Gasteiger partial charge in [0.15, 0.2) is 17.1 Å². The third kappa shape index (κ3) is 3.76. The maximum atomic E-state index is 12.8. The Kier molecular flexibility index (Phi) is 5.35. The summed E-state index contributed by atoms with van der Waals surface area (Å²) >= 11 is 0. The van der Waals surface area contributed by atoms with Gasteiger partial charge in [-0.3, -0.25) is 4.79 Å². The third-order valence-electron chi connectivity index (χ3n) is 5.51. The number of furan rings is 1. The Balaban J connectivity index is 1.57. The SMILES string of the molecule is COc1ccc(CNC2CCC2)c2cc(C(=O)NC(C)c3ccccc3)oc12. The Labute approximate surface area is 165 Å². The first-order chi connectivity index (χ1) is 13.7. The molecule has 1 amide bonds. The number of ether oxygens (including phenoxy) is 1. The fraction of sp³-hybridized carbons (Fsp3) is 0.348. The fourth-order valence-corrected chi connectivity index (χ4v) is 3.54. The van der Waals surface area contributed by atoms with E-state index in [0.29, 0.717) is 23.1 Å². The highest BCUT2D eigenvalue weighted by Crippen LogP contribution is 2.32. The second-order valence-corrected chi connectivity index (χ2v) is 7.39. The number of rotatable bonds is 7. The maximum absolute atomic E-state index is 12.8. The van der Waals surface area contributed by atoms with Crippen molar-refractivity contribution in [1.29, 1.82) is 0 Å². The Bertz CT molecular complexity index is 961. The summed E-state index contributed by atoms with van der Waals surface area (Å²) in [4.78, 5) is 12.8. The van der Waals surface area contributed by atoms with Crippen molar-refractivity contribution in [3.05, 3.63) is 65.4 Å². The molecule has 0 radical (unpaired) electrons. The van der Waals surface area contributed by atoms with Gasteiger partial charge >= 0.3 is 0 Å². The Morgan fingerprint density at radius 2 is 2.00 bits per heavy atom. The lowest BCUT2D eigenvalue weighted by atomic mass is 9.93. The Morgan fingerprint density at radius 3 is 2.68 bits per heavy atom. The molecule has 1 aliphatic carbocycles. The highest BCUT2D eigenvalue weighted by molar-refractivity contribution is 5.98. The van der Waals surface area contributed by atoms with E-state index in [1.165, 1.54) is 19.3 Å². The van der Waals surface area contributed by atoms with Crippen LogP contribution in [0.25, 0.3) is 11.0 Å². The van der Waals surface area contributed by atoms with Crippen molar-refractivity contribution in [3.8, 4) is 5.75 Å². The Morgan fingerprint density at radius 1 is 1.21 bits per heavy atom. The van der Waals surface area contributed by atoms with Crippen LogP contribution in [0.4, 0.5) is 0 Å². The van der Waals surface area contributed by atoms with E-state index >= 15 is 0 Å². The van der Waals surface area contributed by atoms with Gasteiger partial charge in [-0.1, -0.05) is 42.8 Å². The number of nitrogens with one attached hydrogen (secondary N) is 2. The average molecular weight is 378 g/mol. The molecule has 5 nitrogen and oxygen atoms in total. The quantitative estimate of drug-likeness (QED) is 0.632. The summed E-state index contributed by atoms with van der Waals surface area (Å²) in [5.74, 6) is 0.706. The van der Waals surface area contributed by atoms with Crippen molar-refractivity contribution in [1.82, 2.24) is 10.6 Å². The van der Waals surface area contributed by atoms with Crippen LogP contribution in [-0.4, -0.2) is 19.1 Å². The molecule has 0 spiro atoms. The van der Waals surface area contributed by atoms with Gasteiger partial charge in [0, 0.05) is 18.0 Å². The minimum Gasteiger partial charge on any atom is -0.493 e. The van der Waals surface area contributed by atoms with Crippen molar-refractivity contribution in [2.45, 2.75) is 44.8 Å². The molecular formula is C23H26N2O3. The van der Waals surface area contributed by atoms with Crippen LogP contribution in [0.15, 0.2) is 52.9 Å². The van der Waals surface area contributed by atoms with E-state index in [4.69, 9.17) is 9.15 Å². The molecule has 0 saturated heterocycles. The first-order valence-electron chi connectivity index (χ1n) is 9.84. The van der Waals surface area contributed by atoms with Gasteiger partial charge in [0.05, 0.1) is 13.2 Å². The molecule has 5 heteroatoms. The lowest BCUT2D eigenvalue weighted by Gasteiger charge is -2.26. The Hall–Kier alpha value is -2.79. The summed E-state index contributed by atoms with van der Waals surface area (Å²) in [6, 6.07) is 16.1. The van der Waals surface area contributed by atoms with Crippen LogP contribution in [0.1, 0.15) is 53.9 Å². The van der Waals surface area contributed by atoms with E-state index < -0.39 is 0 Å². The van der Waals surface area contributed by atoms with E-state index in [1.54, 1.807) is 7.11 Å². The smallest absolute Gasteiger partial charge is 0.287 e. The van der Waals surface area contributed by atoms with Gasteiger partial charge in [0.2, 0.25) is 0 Å². The van der Waals surface area contributed by atoms with Crippen LogP contribution in [0, 0.1) is 0 Å². The minimum atomic E-state index is -0.229. The molecule has 1 atom stereocenters. The van der Waals surface area contributed by atoms with Gasteiger partial charge in [-0.25, -0.2) is 0 Å². The molecule has 1 heterocycles. The highest BCUT2D eigenvalue weighted by Gasteiger charge is 2.21. The van der Waals surface area contributed by atoms with Gasteiger partial charge in [-0.05, 0) is 43.0 Å². The summed E-state index contributed by atoms with van der Waals surface area (Å²) in [5, 5.41) is 7.50. The van der Waals surface area contributed by atoms with E-state index in [0.717, 1.165) is 23.1 Å². The molecule has 2 aromatic carbocycles. The number of fused-ring (bicyclic) bond motifs is 1. The highest BCUT2D eigenvalue weighted by atomic mass is 16.5. The van der Waals surface area contributed by atoms with Crippen molar-refractivity contribution in [3.63, 3.8) is 0 Å². The summed E-state index contributed by atoms with van der Waals surface area (Å²) < 4.78 is 11.3. The number of methoxy groups -OCH3 is 1. The molecule has 1 aromatic heterocycles. The van der Waals surface area contributed by atoms with Crippen LogP contribution in [0.2, 0.25) is 0 Å². The number of hydrogen-bond donors (Lipinski definition) is 2. The number of amides is 1. The molecule has 1 fully saturated rings. The van der Waals surface area contributed by atoms with E-state index in [2.05, 4.69) is 10.6 Å². The summed E-state index contributed by atoms with van der Waals surface area (Å²) in [7, 11) is 1.61. The predicted molar refractivity (Wildman–Crippen MR) is 110 cm³/mol. The lowest BCUT2D eigenvalue weighted by molar-refractivity contribution is 0.0914. The van der Waals surface area contributed by atoms with Crippen molar-refractivity contribution >= 4 is 16.9 Å². The monoisotopic (exact) mass is 378 g/mol. The van der Waals surface area contributed by atoms with E-state index in [9.17, 15) is 4.79 Å². The topological polar surface area (TPSA) is 63.5 Å². The minimum absolute atomic E-state index is 0.108. The van der Waals surface area contributed by atoms with Gasteiger partial charge in [0.25, 0.3) is 5.91 Å². The summed E-state index contributed by atoms with van der Waals surface area (Å²) in [6.07, 6.45) is 3.76. The zero-order chi connectivity index (χ0) is 19.5. The van der Waals surface area contributed by atoms with Crippen LogP contribution < -0.4 is 15.4 Å². The first-order valence-corrected chi connectivity index (χ1v) is 9.84. The zero-order valence-corrected chi connectivity index (χ0v) is 16.3. The standard InChI is InChI=1S/C23H26N2O3/c1-15(16-7-4-3-5-8-16)25-23(26)21-13-19-17(14-24-18-9-6-10-18)11-12-20(27-2)22(19)28-21/h3-5,7-8,11-13,15,18,24H,6,9-10,14H2,1-2H3,(H,25,26). The van der Waals surface area contributed by atoms with Crippen molar-refractivity contribution in [2.24, 2.45) is 0 Å². The molecular weight excluding hydrogens is 352 g/mol. The molecule has 1 unspecified atom stereocenters. The van der Waals surface area contributed by atoms with Crippen LogP contribution in [0.5, 0.6) is 5.75 Å². The molecule has 0 bridgehead atoms. The number of hydrogen-bond acceptors (Lipinski definition) is 4. The first kappa shape index (κ1) is 18.6. The predicted octanol–water partition coefficient (Wildman–Crippen LogP) is 4.57. The molecule has 0 aliphatic heterocycles. The molecule has 146 valence electrons. The molecule has 3 aromatic rings. The van der Waals surface area contributed by atoms with Gasteiger partial charge < -0.3 is 19.8 Å². The number of carbonyl (C=O) groups excluding carboxylic acids is 1. The van der Waals surface area contributed by atoms with Gasteiger partial charge in [-0.15, -0.1) is 0 Å². The van der Waals surface area contributed by atoms with Crippen LogP contribution in [-0.2, 0) is 6.54 Å². The second-order valence-electron chi connectivity index (χ2n) is 7.39. The number of carbonyl (C=O) groups is 1. The average Bonchev–Trinajstić information content (AvgIpc) is 3.13. The molecule has 1 saturated carbocycles. The third-order valence-corrected chi connectivity index (χ3v) is 5.51. The lowest BCUT2D eigenvalue weighted by Crippen LogP contribution is -2.34. The van der Waals surface area contributed by atoms with Crippen molar-refractivity contribution < 1.29 is 13.9 Å². The zero-order valence-electron chi connectivity index (χ0n) is 16.3. The van der Waals surface area contributed by atoms with Crippen LogP contribution >= 0.6 is 0 Å². The normalized spacial score (nSPS) is 15.2. The maximum Gasteiger partial charge on any atom is 0.287 e.